The predicted octanol–water partition coefficient (Wildman–Crippen LogP) is 1.03. The van der Waals surface area contributed by atoms with Crippen LogP contribution in [-0.4, -0.2) is 66.2 Å². The summed E-state index contributed by atoms with van der Waals surface area (Å²) in [4.78, 5) is 11.8. The summed E-state index contributed by atoms with van der Waals surface area (Å²) in [6.07, 6.45) is -0.856. The highest BCUT2D eigenvalue weighted by Gasteiger charge is 2.51. The molecule has 0 radical (unpaired) electrons. The van der Waals surface area contributed by atoms with Crippen LogP contribution in [0.15, 0.2) is 29.8 Å². The van der Waals surface area contributed by atoms with Crippen molar-refractivity contribution >= 4 is 27.4 Å². The number of ether oxygens (including phenoxy) is 2. The third kappa shape index (κ3) is 4.47. The first-order chi connectivity index (χ1) is 13.6. The largest absolute Gasteiger partial charge is 0.478 e. The normalized spacial score (nSPS) is 26.5. The summed E-state index contributed by atoms with van der Waals surface area (Å²) < 4.78 is 51.0. The molecule has 1 unspecified atom stereocenters. The van der Waals surface area contributed by atoms with Crippen molar-refractivity contribution in [3.8, 4) is 0 Å². The summed E-state index contributed by atoms with van der Waals surface area (Å²) in [5.74, 6) is -4.52. The summed E-state index contributed by atoms with van der Waals surface area (Å²) in [6, 6.07) is 3.51. The molecule has 3 N–H and O–H groups in total. The van der Waals surface area contributed by atoms with Gasteiger partial charge in [0.15, 0.2) is 15.6 Å². The van der Waals surface area contributed by atoms with Crippen molar-refractivity contribution in [2.24, 2.45) is 0 Å². The van der Waals surface area contributed by atoms with Gasteiger partial charge in [0.25, 0.3) is 0 Å². The van der Waals surface area contributed by atoms with Crippen LogP contribution < -0.4 is 0 Å². The van der Waals surface area contributed by atoms with E-state index in [0.717, 1.165) is 12.1 Å². The maximum atomic E-state index is 14.0. The Morgan fingerprint density at radius 2 is 1.86 bits per heavy atom. The van der Waals surface area contributed by atoms with Gasteiger partial charge >= 0.3 is 5.97 Å². The molecule has 3 rings (SSSR count). The summed E-state index contributed by atoms with van der Waals surface area (Å²) in [5.41, 5.74) is -0.620. The Hall–Kier alpha value is -1.56. The highest BCUT2D eigenvalue weighted by Crippen LogP contribution is 2.41. The standard InChI is InChI=1S/C18H20ClFO8S/c19-11-1-2-13(20)10(5-11)9-29(25,26)16-3-4-18(6-12(16)17(23)24)27-14(7-21)15(8-22)28-18/h1-2,5-6,14-16,21-22H,3-4,7-9H2,(H,23,24)/t14-,15-,16?/m1/s1. The minimum absolute atomic E-state index is 0.0152. The molecule has 0 aromatic heterocycles. The van der Waals surface area contributed by atoms with E-state index in [-0.39, 0.29) is 23.4 Å². The lowest BCUT2D eigenvalue weighted by Crippen LogP contribution is -2.41. The van der Waals surface area contributed by atoms with Gasteiger partial charge in [0.05, 0.1) is 29.8 Å². The molecule has 1 spiro atoms. The summed E-state index contributed by atoms with van der Waals surface area (Å²) >= 11 is 5.81. The van der Waals surface area contributed by atoms with Crippen LogP contribution in [0.2, 0.25) is 5.02 Å². The molecule has 1 saturated heterocycles. The fraction of sp³-hybridized carbons (Fsp3) is 0.500. The summed E-state index contributed by atoms with van der Waals surface area (Å²) in [6.45, 7) is -0.919. The van der Waals surface area contributed by atoms with E-state index in [0.29, 0.717) is 0 Å². The van der Waals surface area contributed by atoms with Gasteiger partial charge in [0, 0.05) is 17.0 Å². The van der Waals surface area contributed by atoms with Crippen LogP contribution in [0.1, 0.15) is 18.4 Å². The molecule has 0 bridgehead atoms. The van der Waals surface area contributed by atoms with E-state index in [4.69, 9.17) is 21.1 Å². The number of carbonyl (C=O) groups is 1. The number of rotatable bonds is 6. The predicted molar refractivity (Wildman–Crippen MR) is 99.4 cm³/mol. The average molecular weight is 451 g/mol. The number of benzene rings is 1. The van der Waals surface area contributed by atoms with Crippen molar-refractivity contribution in [3.63, 3.8) is 0 Å². The molecule has 0 amide bonds. The molecule has 1 aromatic rings. The van der Waals surface area contributed by atoms with Gasteiger partial charge in [-0.3, -0.25) is 0 Å². The van der Waals surface area contributed by atoms with Gasteiger partial charge in [-0.05, 0) is 30.7 Å². The molecule has 1 aliphatic heterocycles. The van der Waals surface area contributed by atoms with Gasteiger partial charge in [-0.1, -0.05) is 11.6 Å². The molecule has 1 aromatic carbocycles. The molecule has 1 fully saturated rings. The quantitative estimate of drug-likeness (QED) is 0.586. The zero-order chi connectivity index (χ0) is 21.4. The van der Waals surface area contributed by atoms with Crippen LogP contribution in [0.4, 0.5) is 4.39 Å². The molecule has 3 atom stereocenters. The SMILES string of the molecule is O=C(O)C1=CC2(CCC1S(=O)(=O)Cc1cc(Cl)ccc1F)O[C@H](CO)[C@@H](CO)O2. The molecule has 29 heavy (non-hydrogen) atoms. The monoisotopic (exact) mass is 450 g/mol. The second-order valence-electron chi connectivity index (χ2n) is 6.96. The van der Waals surface area contributed by atoms with Gasteiger partial charge < -0.3 is 24.8 Å². The molecule has 8 nitrogen and oxygen atoms in total. The fourth-order valence-corrected chi connectivity index (χ4v) is 5.70. The van der Waals surface area contributed by atoms with Gasteiger partial charge in [-0.2, -0.15) is 0 Å². The summed E-state index contributed by atoms with van der Waals surface area (Å²) in [5, 5.41) is 27.1. The van der Waals surface area contributed by atoms with E-state index in [9.17, 15) is 32.9 Å². The number of halogens is 2. The van der Waals surface area contributed by atoms with E-state index < -0.39 is 69.4 Å². The van der Waals surface area contributed by atoms with E-state index in [1.54, 1.807) is 0 Å². The van der Waals surface area contributed by atoms with Crippen molar-refractivity contribution in [1.82, 2.24) is 0 Å². The molecule has 1 heterocycles. The number of aliphatic hydroxyl groups is 2. The highest BCUT2D eigenvalue weighted by atomic mass is 35.5. The molecule has 2 aliphatic rings. The molecule has 11 heteroatoms. The van der Waals surface area contributed by atoms with E-state index in [1.807, 2.05) is 0 Å². The Morgan fingerprint density at radius 3 is 2.41 bits per heavy atom. The number of carboxylic acid groups (broad SMARTS) is 1. The maximum Gasteiger partial charge on any atom is 0.332 e. The van der Waals surface area contributed by atoms with Crippen LogP contribution in [0, 0.1) is 5.82 Å². The second-order valence-corrected chi connectivity index (χ2v) is 9.58. The Bertz CT molecular complexity index is 920. The van der Waals surface area contributed by atoms with Crippen molar-refractivity contribution in [2.75, 3.05) is 13.2 Å². The van der Waals surface area contributed by atoms with Crippen molar-refractivity contribution < 1.29 is 42.4 Å². The van der Waals surface area contributed by atoms with Gasteiger partial charge in [-0.15, -0.1) is 0 Å². The molecular weight excluding hydrogens is 431 g/mol. The van der Waals surface area contributed by atoms with Crippen molar-refractivity contribution in [1.29, 1.82) is 0 Å². The smallest absolute Gasteiger partial charge is 0.332 e. The molecule has 0 saturated carbocycles. The van der Waals surface area contributed by atoms with Crippen LogP contribution >= 0.6 is 11.6 Å². The number of aliphatic hydroxyl groups excluding tert-OH is 2. The molecule has 160 valence electrons. The molecular formula is C18H20ClFO8S. The number of hydrogen-bond acceptors (Lipinski definition) is 7. The third-order valence-electron chi connectivity index (χ3n) is 5.00. The number of carboxylic acids is 1. The zero-order valence-electron chi connectivity index (χ0n) is 15.1. The number of sulfone groups is 1. The average Bonchev–Trinajstić information content (AvgIpc) is 3.01. The highest BCUT2D eigenvalue weighted by molar-refractivity contribution is 7.91. The van der Waals surface area contributed by atoms with E-state index in [2.05, 4.69) is 0 Å². The van der Waals surface area contributed by atoms with Crippen LogP contribution in [0.5, 0.6) is 0 Å². The second kappa shape index (κ2) is 8.29. The lowest BCUT2D eigenvalue weighted by Gasteiger charge is -2.33. The Labute approximate surface area is 171 Å². The minimum Gasteiger partial charge on any atom is -0.478 e. The fourth-order valence-electron chi connectivity index (χ4n) is 3.62. The van der Waals surface area contributed by atoms with Crippen LogP contribution in [0.25, 0.3) is 0 Å². The Morgan fingerprint density at radius 1 is 1.24 bits per heavy atom. The van der Waals surface area contributed by atoms with Gasteiger partial charge in [-0.25, -0.2) is 17.6 Å². The first kappa shape index (κ1) is 22.1. The van der Waals surface area contributed by atoms with E-state index in [1.165, 1.54) is 12.1 Å². The van der Waals surface area contributed by atoms with Gasteiger partial charge in [0.2, 0.25) is 0 Å². The van der Waals surface area contributed by atoms with Crippen LogP contribution in [-0.2, 0) is 29.9 Å². The number of hydrogen-bond donors (Lipinski definition) is 3. The van der Waals surface area contributed by atoms with E-state index >= 15 is 0 Å². The lowest BCUT2D eigenvalue weighted by atomic mass is 9.94. The Balaban J connectivity index is 1.92. The van der Waals surface area contributed by atoms with Crippen molar-refractivity contribution in [2.45, 2.75) is 41.8 Å². The third-order valence-corrected chi connectivity index (χ3v) is 7.30. The maximum absolute atomic E-state index is 14.0. The number of aliphatic carboxylic acids is 1. The lowest BCUT2D eigenvalue weighted by molar-refractivity contribution is -0.153. The van der Waals surface area contributed by atoms with Crippen molar-refractivity contribution in [3.05, 3.63) is 46.3 Å². The topological polar surface area (TPSA) is 130 Å². The minimum atomic E-state index is -4.11. The zero-order valence-corrected chi connectivity index (χ0v) is 16.7. The van der Waals surface area contributed by atoms with Gasteiger partial charge in [0.1, 0.15) is 18.0 Å². The summed E-state index contributed by atoms with van der Waals surface area (Å²) in [7, 11) is -4.11. The first-order valence-electron chi connectivity index (χ1n) is 8.79. The van der Waals surface area contributed by atoms with Crippen LogP contribution in [0.3, 0.4) is 0 Å². The first-order valence-corrected chi connectivity index (χ1v) is 10.9. The Kier molecular flexibility index (Phi) is 6.32. The molecule has 1 aliphatic carbocycles.